The van der Waals surface area contributed by atoms with E-state index in [2.05, 4.69) is 14.8 Å². The standard InChI is InChI=1S/C15H8Cl2FN3O3/c16-9-1-8(2-11(18)3-9)13-5-14(24-15(22)23)20-21(13)12-4-10(17)6-19-7-12/h1-7H,(H,22,23). The van der Waals surface area contributed by atoms with Crippen LogP contribution in [0.15, 0.2) is 42.7 Å². The average Bonchev–Trinajstić information content (AvgIpc) is 2.89. The molecule has 1 N–H and O–H groups in total. The number of carbonyl (C=O) groups is 1. The van der Waals surface area contributed by atoms with Gasteiger partial charge in [-0.1, -0.05) is 23.2 Å². The zero-order valence-corrected chi connectivity index (χ0v) is 13.3. The molecule has 0 saturated carbocycles. The summed E-state index contributed by atoms with van der Waals surface area (Å²) in [6, 6.07) is 6.82. The molecule has 0 aliphatic heterocycles. The van der Waals surface area contributed by atoms with Gasteiger partial charge in [0.05, 0.1) is 22.6 Å². The van der Waals surface area contributed by atoms with E-state index in [9.17, 15) is 9.18 Å². The molecular formula is C15H8Cl2FN3O3. The summed E-state index contributed by atoms with van der Waals surface area (Å²) in [7, 11) is 0. The third-order valence-electron chi connectivity index (χ3n) is 2.97. The van der Waals surface area contributed by atoms with E-state index in [0.717, 1.165) is 6.07 Å². The molecule has 0 amide bonds. The van der Waals surface area contributed by atoms with E-state index in [0.29, 0.717) is 22.0 Å². The molecule has 122 valence electrons. The number of rotatable bonds is 3. The summed E-state index contributed by atoms with van der Waals surface area (Å²) >= 11 is 11.8. The number of pyridine rings is 1. The molecule has 0 aliphatic rings. The number of carboxylic acid groups (broad SMARTS) is 1. The van der Waals surface area contributed by atoms with Gasteiger partial charge in [-0.3, -0.25) is 4.98 Å². The Labute approximate surface area is 145 Å². The fourth-order valence-electron chi connectivity index (χ4n) is 2.12. The first-order valence-corrected chi connectivity index (χ1v) is 7.26. The Hall–Kier alpha value is -2.64. The van der Waals surface area contributed by atoms with Gasteiger partial charge in [0.15, 0.2) is 0 Å². The van der Waals surface area contributed by atoms with Gasteiger partial charge in [-0.15, -0.1) is 5.10 Å². The molecule has 0 fully saturated rings. The molecule has 0 aliphatic carbocycles. The summed E-state index contributed by atoms with van der Waals surface area (Å²) < 4.78 is 19.6. The van der Waals surface area contributed by atoms with E-state index in [1.54, 1.807) is 6.07 Å². The van der Waals surface area contributed by atoms with Crippen LogP contribution in [-0.4, -0.2) is 26.0 Å². The van der Waals surface area contributed by atoms with Gasteiger partial charge < -0.3 is 9.84 Å². The number of nitrogens with zero attached hydrogens (tertiary/aromatic N) is 3. The SMILES string of the molecule is O=C(O)Oc1cc(-c2cc(F)cc(Cl)c2)n(-c2cncc(Cl)c2)n1. The maximum atomic E-state index is 13.7. The summed E-state index contributed by atoms with van der Waals surface area (Å²) in [6.45, 7) is 0. The summed E-state index contributed by atoms with van der Waals surface area (Å²) in [6.07, 6.45) is 1.38. The Morgan fingerprint density at radius 3 is 2.58 bits per heavy atom. The fraction of sp³-hybridized carbons (Fsp3) is 0. The number of hydrogen-bond donors (Lipinski definition) is 1. The molecule has 0 unspecified atom stereocenters. The molecule has 3 aromatic rings. The van der Waals surface area contributed by atoms with Crippen LogP contribution in [0.25, 0.3) is 16.9 Å². The third kappa shape index (κ3) is 3.47. The second-order valence-electron chi connectivity index (χ2n) is 4.67. The van der Waals surface area contributed by atoms with Crippen molar-refractivity contribution in [3.05, 3.63) is 58.6 Å². The largest absolute Gasteiger partial charge is 0.512 e. The van der Waals surface area contributed by atoms with Gasteiger partial charge in [0.25, 0.3) is 0 Å². The predicted molar refractivity (Wildman–Crippen MR) is 85.4 cm³/mol. The van der Waals surface area contributed by atoms with Gasteiger partial charge in [-0.25, -0.2) is 13.9 Å². The van der Waals surface area contributed by atoms with Crippen LogP contribution in [0.3, 0.4) is 0 Å². The van der Waals surface area contributed by atoms with Crippen molar-refractivity contribution in [3.63, 3.8) is 0 Å². The van der Waals surface area contributed by atoms with Crippen LogP contribution < -0.4 is 4.74 Å². The Morgan fingerprint density at radius 2 is 1.92 bits per heavy atom. The van der Waals surface area contributed by atoms with Gasteiger partial charge in [-0.2, -0.15) is 0 Å². The van der Waals surface area contributed by atoms with Gasteiger partial charge >= 0.3 is 6.16 Å². The minimum Gasteiger partial charge on any atom is -0.449 e. The van der Waals surface area contributed by atoms with E-state index in [-0.39, 0.29) is 10.9 Å². The molecule has 2 heterocycles. The lowest BCUT2D eigenvalue weighted by Crippen LogP contribution is -2.04. The van der Waals surface area contributed by atoms with Gasteiger partial charge in [0.1, 0.15) is 5.82 Å². The maximum absolute atomic E-state index is 13.7. The highest BCUT2D eigenvalue weighted by atomic mass is 35.5. The molecule has 9 heteroatoms. The number of ether oxygens (including phenoxy) is 1. The molecule has 0 saturated heterocycles. The lowest BCUT2D eigenvalue weighted by atomic mass is 10.1. The molecule has 1 aromatic carbocycles. The normalized spacial score (nSPS) is 10.6. The lowest BCUT2D eigenvalue weighted by Gasteiger charge is -2.08. The number of benzene rings is 1. The summed E-state index contributed by atoms with van der Waals surface area (Å²) in [4.78, 5) is 14.7. The van der Waals surface area contributed by atoms with E-state index in [1.165, 1.54) is 35.3 Å². The zero-order chi connectivity index (χ0) is 17.3. The molecule has 0 atom stereocenters. The quantitative estimate of drug-likeness (QED) is 0.692. The van der Waals surface area contributed by atoms with E-state index in [4.69, 9.17) is 28.3 Å². The molecule has 0 bridgehead atoms. The Morgan fingerprint density at radius 1 is 1.12 bits per heavy atom. The van der Waals surface area contributed by atoms with Crippen LogP contribution in [0.4, 0.5) is 9.18 Å². The van der Waals surface area contributed by atoms with Crippen molar-refractivity contribution >= 4 is 29.4 Å². The first-order chi connectivity index (χ1) is 11.4. The van der Waals surface area contributed by atoms with Gasteiger partial charge in [0.2, 0.25) is 5.88 Å². The van der Waals surface area contributed by atoms with Crippen LogP contribution in [0.2, 0.25) is 10.0 Å². The molecule has 0 radical (unpaired) electrons. The van der Waals surface area contributed by atoms with Gasteiger partial charge in [0, 0.05) is 22.8 Å². The second kappa shape index (κ2) is 6.46. The third-order valence-corrected chi connectivity index (χ3v) is 3.40. The number of aromatic nitrogens is 3. The second-order valence-corrected chi connectivity index (χ2v) is 5.54. The molecule has 3 rings (SSSR count). The van der Waals surface area contributed by atoms with Gasteiger partial charge in [-0.05, 0) is 24.3 Å². The van der Waals surface area contributed by atoms with Crippen molar-refractivity contribution in [3.8, 4) is 22.8 Å². The molecule has 24 heavy (non-hydrogen) atoms. The highest BCUT2D eigenvalue weighted by molar-refractivity contribution is 6.31. The topological polar surface area (TPSA) is 77.2 Å². The molecule has 0 spiro atoms. The highest BCUT2D eigenvalue weighted by Gasteiger charge is 2.16. The average molecular weight is 368 g/mol. The van der Waals surface area contributed by atoms with E-state index in [1.807, 2.05) is 0 Å². The summed E-state index contributed by atoms with van der Waals surface area (Å²) in [5.41, 5.74) is 1.18. The lowest BCUT2D eigenvalue weighted by molar-refractivity contribution is 0.142. The monoisotopic (exact) mass is 367 g/mol. The first-order valence-electron chi connectivity index (χ1n) is 6.50. The van der Waals surface area contributed by atoms with Crippen molar-refractivity contribution in [2.45, 2.75) is 0 Å². The van der Waals surface area contributed by atoms with Crippen molar-refractivity contribution in [2.24, 2.45) is 0 Å². The minimum atomic E-state index is -1.52. The minimum absolute atomic E-state index is 0.183. The number of hydrogen-bond acceptors (Lipinski definition) is 4. The van der Waals surface area contributed by atoms with Crippen molar-refractivity contribution in [1.82, 2.24) is 14.8 Å². The summed E-state index contributed by atoms with van der Waals surface area (Å²) in [5, 5.41) is 13.3. The van der Waals surface area contributed by atoms with Crippen LogP contribution in [0.1, 0.15) is 0 Å². The van der Waals surface area contributed by atoms with Crippen molar-refractivity contribution in [2.75, 3.05) is 0 Å². The Bertz CT molecular complexity index is 910. The van der Waals surface area contributed by atoms with E-state index >= 15 is 0 Å². The molecular weight excluding hydrogens is 360 g/mol. The van der Waals surface area contributed by atoms with Crippen LogP contribution in [0, 0.1) is 5.82 Å². The van der Waals surface area contributed by atoms with Crippen molar-refractivity contribution < 1.29 is 19.0 Å². The Balaban J connectivity index is 2.19. The number of halogens is 3. The molecule has 2 aromatic heterocycles. The van der Waals surface area contributed by atoms with Crippen LogP contribution in [0.5, 0.6) is 5.88 Å². The van der Waals surface area contributed by atoms with Crippen molar-refractivity contribution in [1.29, 1.82) is 0 Å². The zero-order valence-electron chi connectivity index (χ0n) is 11.8. The maximum Gasteiger partial charge on any atom is 0.512 e. The van der Waals surface area contributed by atoms with E-state index < -0.39 is 12.0 Å². The van der Waals surface area contributed by atoms with Crippen LogP contribution >= 0.6 is 23.2 Å². The highest BCUT2D eigenvalue weighted by Crippen LogP contribution is 2.30. The fourth-order valence-corrected chi connectivity index (χ4v) is 2.51. The predicted octanol–water partition coefficient (Wildman–Crippen LogP) is 4.44. The smallest absolute Gasteiger partial charge is 0.449 e. The Kier molecular flexibility index (Phi) is 4.37. The van der Waals surface area contributed by atoms with Crippen LogP contribution in [-0.2, 0) is 0 Å². The first kappa shape index (κ1) is 16.2. The summed E-state index contributed by atoms with van der Waals surface area (Å²) in [5.74, 6) is -0.729. The molecule has 6 nitrogen and oxygen atoms in total.